The van der Waals surface area contributed by atoms with Crippen molar-refractivity contribution in [2.24, 2.45) is 11.8 Å². The number of carbonyl (C=O) groups is 1. The predicted octanol–water partition coefficient (Wildman–Crippen LogP) is 5.07. The molecule has 110 valence electrons. The first kappa shape index (κ1) is 15.3. The van der Waals surface area contributed by atoms with E-state index in [9.17, 15) is 4.79 Å². The van der Waals surface area contributed by atoms with Gasteiger partial charge in [-0.25, -0.2) is 4.79 Å². The highest BCUT2D eigenvalue weighted by Crippen LogP contribution is 2.41. The average Bonchev–Trinajstić information content (AvgIpc) is 2.83. The molecule has 1 saturated carbocycles. The van der Waals surface area contributed by atoms with Gasteiger partial charge < -0.3 is 4.74 Å². The van der Waals surface area contributed by atoms with E-state index >= 15 is 0 Å². The van der Waals surface area contributed by atoms with Crippen molar-refractivity contribution < 1.29 is 9.53 Å². The second kappa shape index (κ2) is 6.57. The maximum Gasteiger partial charge on any atom is 0.338 e. The van der Waals surface area contributed by atoms with Crippen LogP contribution in [0, 0.1) is 18.8 Å². The number of hydrogen-bond acceptors (Lipinski definition) is 3. The molecule has 1 heterocycles. The van der Waals surface area contributed by atoms with Crippen LogP contribution in [-0.4, -0.2) is 13.1 Å². The fraction of sp³-hybridized carbons (Fsp3) is 0.588. The summed E-state index contributed by atoms with van der Waals surface area (Å²) in [5.74, 6) is 1.29. The van der Waals surface area contributed by atoms with Gasteiger partial charge in [0.15, 0.2) is 0 Å². The highest BCUT2D eigenvalue weighted by molar-refractivity contribution is 7.11. The van der Waals surface area contributed by atoms with Gasteiger partial charge in [0.05, 0.1) is 12.7 Å². The summed E-state index contributed by atoms with van der Waals surface area (Å²) >= 11 is 1.68. The number of methoxy groups -OCH3 is 1. The van der Waals surface area contributed by atoms with E-state index in [1.807, 2.05) is 12.3 Å². The number of esters is 1. The van der Waals surface area contributed by atoms with Gasteiger partial charge in [0.2, 0.25) is 0 Å². The Morgan fingerprint density at radius 2 is 2.00 bits per heavy atom. The zero-order valence-electron chi connectivity index (χ0n) is 12.9. The lowest BCUT2D eigenvalue weighted by Crippen LogP contribution is -2.14. The molecule has 0 amide bonds. The first-order valence-electron chi connectivity index (χ1n) is 7.41. The highest BCUT2D eigenvalue weighted by atomic mass is 32.1. The zero-order valence-corrected chi connectivity index (χ0v) is 13.7. The molecule has 0 spiro atoms. The molecule has 0 unspecified atom stereocenters. The molecule has 0 bridgehead atoms. The summed E-state index contributed by atoms with van der Waals surface area (Å²) in [5, 5.41) is 1.94. The normalized spacial score (nSPS) is 23.7. The Kier molecular flexibility index (Phi) is 5.03. The number of allylic oxidation sites excluding steroid dienone is 2. The molecule has 0 N–H and O–H groups in total. The summed E-state index contributed by atoms with van der Waals surface area (Å²) in [6.07, 6.45) is 7.41. The van der Waals surface area contributed by atoms with Crippen LogP contribution in [0.25, 0.3) is 5.57 Å². The Morgan fingerprint density at radius 1 is 1.35 bits per heavy atom. The van der Waals surface area contributed by atoms with Crippen molar-refractivity contribution in [3.8, 4) is 0 Å². The fourth-order valence-corrected chi connectivity index (χ4v) is 4.35. The number of thiophene rings is 1. The highest BCUT2D eigenvalue weighted by Gasteiger charge is 2.25. The SMILES string of the molecule is C/C=C(/c1scc(C(=O)OC)c1C)[C@H]1CC[C@H](C)CC1. The molecule has 20 heavy (non-hydrogen) atoms. The van der Waals surface area contributed by atoms with Crippen molar-refractivity contribution in [2.75, 3.05) is 7.11 Å². The van der Waals surface area contributed by atoms with E-state index in [1.165, 1.54) is 43.2 Å². The van der Waals surface area contributed by atoms with Crippen molar-refractivity contribution in [1.82, 2.24) is 0 Å². The van der Waals surface area contributed by atoms with Crippen LogP contribution in [-0.2, 0) is 4.74 Å². The van der Waals surface area contributed by atoms with E-state index in [0.717, 1.165) is 17.0 Å². The lowest BCUT2D eigenvalue weighted by Gasteiger charge is -2.28. The van der Waals surface area contributed by atoms with Gasteiger partial charge in [-0.15, -0.1) is 11.3 Å². The number of hydrogen-bond donors (Lipinski definition) is 0. The monoisotopic (exact) mass is 292 g/mol. The third-order valence-corrected chi connectivity index (χ3v) is 5.60. The lowest BCUT2D eigenvalue weighted by molar-refractivity contribution is 0.0600. The molecule has 1 aromatic rings. The molecule has 0 aromatic carbocycles. The average molecular weight is 292 g/mol. The van der Waals surface area contributed by atoms with Crippen molar-refractivity contribution >= 4 is 22.9 Å². The van der Waals surface area contributed by atoms with E-state index in [4.69, 9.17) is 4.74 Å². The van der Waals surface area contributed by atoms with Crippen LogP contribution in [0.3, 0.4) is 0 Å². The Bertz CT molecular complexity index is 505. The first-order chi connectivity index (χ1) is 9.58. The second-order valence-electron chi connectivity index (χ2n) is 5.80. The third kappa shape index (κ3) is 2.98. The van der Waals surface area contributed by atoms with E-state index in [2.05, 4.69) is 19.9 Å². The third-order valence-electron chi connectivity index (χ3n) is 4.47. The van der Waals surface area contributed by atoms with Gasteiger partial charge in [-0.2, -0.15) is 0 Å². The Balaban J connectivity index is 2.25. The maximum atomic E-state index is 11.7. The molecular formula is C17H24O2S. The second-order valence-corrected chi connectivity index (χ2v) is 6.68. The van der Waals surface area contributed by atoms with Crippen molar-refractivity contribution in [3.05, 3.63) is 27.5 Å². The molecule has 1 aliphatic rings. The summed E-state index contributed by atoms with van der Waals surface area (Å²) in [7, 11) is 1.44. The van der Waals surface area contributed by atoms with Gasteiger partial charge in [0.1, 0.15) is 0 Å². The molecule has 0 aliphatic heterocycles. The molecule has 2 nitrogen and oxygen atoms in total. The van der Waals surface area contributed by atoms with Crippen LogP contribution in [0.2, 0.25) is 0 Å². The molecule has 3 heteroatoms. The van der Waals surface area contributed by atoms with Crippen molar-refractivity contribution in [2.45, 2.75) is 46.5 Å². The van der Waals surface area contributed by atoms with Crippen molar-refractivity contribution in [1.29, 1.82) is 0 Å². The molecule has 1 aliphatic carbocycles. The fourth-order valence-electron chi connectivity index (χ4n) is 3.14. The number of ether oxygens (including phenoxy) is 1. The number of carbonyl (C=O) groups excluding carboxylic acids is 1. The summed E-state index contributed by atoms with van der Waals surface area (Å²) in [6, 6.07) is 0. The van der Waals surface area contributed by atoms with Gasteiger partial charge in [-0.3, -0.25) is 0 Å². The van der Waals surface area contributed by atoms with Crippen LogP contribution in [0.5, 0.6) is 0 Å². The molecule has 1 fully saturated rings. The van der Waals surface area contributed by atoms with E-state index in [1.54, 1.807) is 11.3 Å². The van der Waals surface area contributed by atoms with E-state index in [-0.39, 0.29) is 5.97 Å². The van der Waals surface area contributed by atoms with Gasteiger partial charge in [-0.05, 0) is 49.7 Å². The lowest BCUT2D eigenvalue weighted by atomic mass is 9.78. The summed E-state index contributed by atoms with van der Waals surface area (Å²) in [4.78, 5) is 13.0. The zero-order chi connectivity index (χ0) is 14.7. The van der Waals surface area contributed by atoms with Crippen LogP contribution < -0.4 is 0 Å². The Hall–Kier alpha value is -1.09. The minimum atomic E-state index is -0.224. The van der Waals surface area contributed by atoms with Gasteiger partial charge in [0, 0.05) is 10.3 Å². The topological polar surface area (TPSA) is 26.3 Å². The Labute approximate surface area is 125 Å². The summed E-state index contributed by atoms with van der Waals surface area (Å²) < 4.78 is 4.85. The van der Waals surface area contributed by atoms with Crippen LogP contribution in [0.4, 0.5) is 0 Å². The van der Waals surface area contributed by atoms with Crippen LogP contribution in [0.1, 0.15) is 60.3 Å². The smallest absolute Gasteiger partial charge is 0.338 e. The van der Waals surface area contributed by atoms with Gasteiger partial charge >= 0.3 is 5.97 Å². The molecule has 0 atom stereocenters. The van der Waals surface area contributed by atoms with Crippen molar-refractivity contribution in [3.63, 3.8) is 0 Å². The van der Waals surface area contributed by atoms with Gasteiger partial charge in [0.25, 0.3) is 0 Å². The molecule has 0 radical (unpaired) electrons. The summed E-state index contributed by atoms with van der Waals surface area (Å²) in [5.41, 5.74) is 3.22. The number of rotatable bonds is 3. The van der Waals surface area contributed by atoms with Crippen LogP contribution in [0.15, 0.2) is 11.5 Å². The first-order valence-corrected chi connectivity index (χ1v) is 8.29. The minimum Gasteiger partial charge on any atom is -0.465 e. The molecular weight excluding hydrogens is 268 g/mol. The minimum absolute atomic E-state index is 0.224. The maximum absolute atomic E-state index is 11.7. The predicted molar refractivity (Wildman–Crippen MR) is 85.2 cm³/mol. The molecule has 0 saturated heterocycles. The molecule has 1 aromatic heterocycles. The Morgan fingerprint density at radius 3 is 2.55 bits per heavy atom. The van der Waals surface area contributed by atoms with Crippen LogP contribution >= 0.6 is 11.3 Å². The van der Waals surface area contributed by atoms with Gasteiger partial charge in [-0.1, -0.05) is 25.8 Å². The van der Waals surface area contributed by atoms with E-state index in [0.29, 0.717) is 5.92 Å². The summed E-state index contributed by atoms with van der Waals surface area (Å²) in [6.45, 7) is 6.49. The standard InChI is InChI=1S/C17H24O2S/c1-5-14(13-8-6-11(2)7-9-13)16-12(3)15(10-20-16)17(18)19-4/h5,10-11,13H,6-9H2,1-4H3/b14-5+/t11-,13-. The molecule has 2 rings (SSSR count). The van der Waals surface area contributed by atoms with E-state index < -0.39 is 0 Å². The quantitative estimate of drug-likeness (QED) is 0.727. The largest absolute Gasteiger partial charge is 0.465 e.